The highest BCUT2D eigenvalue weighted by atomic mass is 32.2. The van der Waals surface area contributed by atoms with Gasteiger partial charge in [-0.3, -0.25) is 4.21 Å². The Labute approximate surface area is 97.4 Å². The standard InChI is InChI=1S/C12H14OS2/c1-12(14-9-10-15(12)13)8-7-11-5-3-2-4-6-11/h2-8H,9-10H2,1H3/b8-7+/t12-,15-/m0/s1. The smallest absolute Gasteiger partial charge is 0.106 e. The fourth-order valence-corrected chi connectivity index (χ4v) is 4.68. The molecule has 0 aromatic heterocycles. The Kier molecular flexibility index (Phi) is 3.32. The second-order valence-electron chi connectivity index (χ2n) is 3.66. The number of hydrogen-bond donors (Lipinski definition) is 0. The van der Waals surface area contributed by atoms with Crippen LogP contribution >= 0.6 is 11.8 Å². The first kappa shape index (κ1) is 11.0. The van der Waals surface area contributed by atoms with Crippen LogP contribution in [0.5, 0.6) is 0 Å². The zero-order valence-electron chi connectivity index (χ0n) is 8.68. The number of hydrogen-bond acceptors (Lipinski definition) is 2. The van der Waals surface area contributed by atoms with Crippen LogP contribution in [0.25, 0.3) is 6.08 Å². The summed E-state index contributed by atoms with van der Waals surface area (Å²) in [6, 6.07) is 10.1. The van der Waals surface area contributed by atoms with Gasteiger partial charge in [0.25, 0.3) is 0 Å². The van der Waals surface area contributed by atoms with Gasteiger partial charge in [0.2, 0.25) is 0 Å². The Bertz CT molecular complexity index is 386. The third kappa shape index (κ3) is 2.52. The summed E-state index contributed by atoms with van der Waals surface area (Å²) >= 11 is 1.79. The molecule has 1 aliphatic heterocycles. The van der Waals surface area contributed by atoms with Crippen molar-refractivity contribution >= 4 is 28.6 Å². The van der Waals surface area contributed by atoms with Gasteiger partial charge >= 0.3 is 0 Å². The van der Waals surface area contributed by atoms with Gasteiger partial charge in [0.1, 0.15) is 4.08 Å². The van der Waals surface area contributed by atoms with Gasteiger partial charge in [-0.05, 0) is 12.5 Å². The predicted molar refractivity (Wildman–Crippen MR) is 69.3 cm³/mol. The molecule has 15 heavy (non-hydrogen) atoms. The topological polar surface area (TPSA) is 17.1 Å². The molecule has 0 amide bonds. The van der Waals surface area contributed by atoms with Crippen LogP contribution in [-0.4, -0.2) is 19.8 Å². The van der Waals surface area contributed by atoms with E-state index in [2.05, 4.69) is 31.2 Å². The van der Waals surface area contributed by atoms with Crippen LogP contribution in [0, 0.1) is 0 Å². The maximum absolute atomic E-state index is 11.8. The lowest BCUT2D eigenvalue weighted by atomic mass is 10.2. The molecule has 3 heteroatoms. The molecule has 1 saturated heterocycles. The minimum atomic E-state index is -0.724. The zero-order chi connectivity index (χ0) is 10.7. The molecule has 1 aromatic rings. The van der Waals surface area contributed by atoms with Crippen molar-refractivity contribution in [1.29, 1.82) is 0 Å². The van der Waals surface area contributed by atoms with E-state index in [1.165, 1.54) is 5.56 Å². The molecule has 0 bridgehead atoms. The molecule has 2 rings (SSSR count). The summed E-state index contributed by atoms with van der Waals surface area (Å²) in [7, 11) is -0.724. The Hall–Kier alpha value is -0.540. The summed E-state index contributed by atoms with van der Waals surface area (Å²) in [6.45, 7) is 2.06. The average Bonchev–Trinajstić information content (AvgIpc) is 2.59. The molecule has 0 radical (unpaired) electrons. The number of rotatable bonds is 2. The van der Waals surface area contributed by atoms with Crippen molar-refractivity contribution < 1.29 is 4.21 Å². The average molecular weight is 238 g/mol. The van der Waals surface area contributed by atoms with Crippen LogP contribution in [0.3, 0.4) is 0 Å². The minimum Gasteiger partial charge on any atom is -0.258 e. The molecule has 2 atom stereocenters. The van der Waals surface area contributed by atoms with Crippen LogP contribution in [0.15, 0.2) is 36.4 Å². The van der Waals surface area contributed by atoms with Crippen LogP contribution in [-0.2, 0) is 10.8 Å². The zero-order valence-corrected chi connectivity index (χ0v) is 10.3. The normalized spacial score (nSPS) is 31.1. The molecule has 1 aromatic carbocycles. The van der Waals surface area contributed by atoms with Crippen LogP contribution in [0.1, 0.15) is 12.5 Å². The molecule has 0 aliphatic carbocycles. The Balaban J connectivity index is 2.15. The van der Waals surface area contributed by atoms with Gasteiger partial charge in [-0.2, -0.15) is 0 Å². The third-order valence-corrected chi connectivity index (χ3v) is 6.39. The van der Waals surface area contributed by atoms with Gasteiger partial charge in [0, 0.05) is 22.3 Å². The van der Waals surface area contributed by atoms with Crippen molar-refractivity contribution in [3.05, 3.63) is 42.0 Å². The van der Waals surface area contributed by atoms with E-state index >= 15 is 0 Å². The van der Waals surface area contributed by atoms with Gasteiger partial charge in [0.05, 0.1) is 0 Å². The number of thioether (sulfide) groups is 1. The summed E-state index contributed by atoms with van der Waals surface area (Å²) < 4.78 is 11.6. The molecular weight excluding hydrogens is 224 g/mol. The first-order chi connectivity index (χ1) is 7.21. The highest BCUT2D eigenvalue weighted by molar-refractivity contribution is 8.15. The fraction of sp³-hybridized carbons (Fsp3) is 0.333. The van der Waals surface area contributed by atoms with Crippen LogP contribution in [0.2, 0.25) is 0 Å². The maximum Gasteiger partial charge on any atom is 0.106 e. The quantitative estimate of drug-likeness (QED) is 0.788. The Morgan fingerprint density at radius 1 is 1.40 bits per heavy atom. The second-order valence-corrected chi connectivity index (χ2v) is 7.41. The summed E-state index contributed by atoms with van der Waals surface area (Å²) in [5, 5.41) is 0. The van der Waals surface area contributed by atoms with E-state index in [-0.39, 0.29) is 4.08 Å². The lowest BCUT2D eigenvalue weighted by Crippen LogP contribution is -2.18. The predicted octanol–water partition coefficient (Wildman–Crippen LogP) is 2.91. The summed E-state index contributed by atoms with van der Waals surface area (Å²) in [4.78, 5) is 0. The third-order valence-electron chi connectivity index (χ3n) is 2.49. The largest absolute Gasteiger partial charge is 0.258 e. The van der Waals surface area contributed by atoms with Crippen molar-refractivity contribution in [2.45, 2.75) is 11.0 Å². The van der Waals surface area contributed by atoms with Crippen molar-refractivity contribution in [3.8, 4) is 0 Å². The fourth-order valence-electron chi connectivity index (χ4n) is 1.52. The van der Waals surface area contributed by atoms with Crippen molar-refractivity contribution in [2.75, 3.05) is 11.5 Å². The molecule has 1 aliphatic rings. The monoisotopic (exact) mass is 238 g/mol. The van der Waals surface area contributed by atoms with E-state index in [4.69, 9.17) is 0 Å². The van der Waals surface area contributed by atoms with E-state index < -0.39 is 10.8 Å². The van der Waals surface area contributed by atoms with Gasteiger partial charge in [0.15, 0.2) is 0 Å². The van der Waals surface area contributed by atoms with E-state index in [9.17, 15) is 4.21 Å². The molecule has 0 saturated carbocycles. The Morgan fingerprint density at radius 2 is 2.13 bits per heavy atom. The van der Waals surface area contributed by atoms with Gasteiger partial charge < -0.3 is 0 Å². The summed E-state index contributed by atoms with van der Waals surface area (Å²) in [5.74, 6) is 1.82. The van der Waals surface area contributed by atoms with Crippen molar-refractivity contribution in [3.63, 3.8) is 0 Å². The molecule has 0 unspecified atom stereocenters. The minimum absolute atomic E-state index is 0.185. The van der Waals surface area contributed by atoms with E-state index in [0.29, 0.717) is 0 Å². The second kappa shape index (κ2) is 4.54. The molecule has 0 spiro atoms. The molecular formula is C12H14OS2. The van der Waals surface area contributed by atoms with Crippen LogP contribution in [0.4, 0.5) is 0 Å². The van der Waals surface area contributed by atoms with E-state index in [1.54, 1.807) is 11.8 Å². The molecule has 1 nitrogen and oxygen atoms in total. The summed E-state index contributed by atoms with van der Waals surface area (Å²) in [5.41, 5.74) is 1.17. The lowest BCUT2D eigenvalue weighted by Gasteiger charge is -2.15. The van der Waals surface area contributed by atoms with Gasteiger partial charge in [-0.15, -0.1) is 11.8 Å². The highest BCUT2D eigenvalue weighted by Crippen LogP contribution is 2.37. The SMILES string of the molecule is C[C@]1(/C=C/c2ccccc2)SCC[S@@]1=O. The van der Waals surface area contributed by atoms with E-state index in [0.717, 1.165) is 11.5 Å². The van der Waals surface area contributed by atoms with Crippen LogP contribution < -0.4 is 0 Å². The molecule has 0 N–H and O–H groups in total. The van der Waals surface area contributed by atoms with E-state index in [1.807, 2.05) is 18.2 Å². The van der Waals surface area contributed by atoms with Crippen molar-refractivity contribution in [1.82, 2.24) is 0 Å². The number of benzene rings is 1. The maximum atomic E-state index is 11.8. The lowest BCUT2D eigenvalue weighted by molar-refractivity contribution is 0.680. The molecule has 1 heterocycles. The first-order valence-corrected chi connectivity index (χ1v) is 7.28. The molecule has 80 valence electrons. The van der Waals surface area contributed by atoms with Gasteiger partial charge in [-0.25, -0.2) is 0 Å². The Morgan fingerprint density at radius 3 is 2.73 bits per heavy atom. The van der Waals surface area contributed by atoms with Crippen molar-refractivity contribution in [2.24, 2.45) is 0 Å². The molecule has 1 fully saturated rings. The van der Waals surface area contributed by atoms with Gasteiger partial charge in [-0.1, -0.05) is 42.5 Å². The highest BCUT2D eigenvalue weighted by Gasteiger charge is 2.34. The first-order valence-electron chi connectivity index (χ1n) is 4.97. The summed E-state index contributed by atoms with van der Waals surface area (Å²) in [6.07, 6.45) is 4.15.